The molecule has 1 aromatic carbocycles. The summed E-state index contributed by atoms with van der Waals surface area (Å²) >= 11 is 3.04. The number of carbonyl (C=O) groups excluding carboxylic acids is 2. The molecule has 1 N–H and O–H groups in total. The number of hydrogen-bond acceptors (Lipinski definition) is 6. The van der Waals surface area contributed by atoms with Crippen molar-refractivity contribution < 1.29 is 14.3 Å². The number of ether oxygens (including phenoxy) is 1. The molecule has 0 spiro atoms. The van der Waals surface area contributed by atoms with Crippen LogP contribution >= 0.6 is 22.7 Å². The Kier molecular flexibility index (Phi) is 6.29. The van der Waals surface area contributed by atoms with Crippen molar-refractivity contribution in [1.82, 2.24) is 4.98 Å². The quantitative estimate of drug-likeness (QED) is 0.524. The number of amides is 1. The Balaban J connectivity index is 1.52. The van der Waals surface area contributed by atoms with Crippen LogP contribution in [0.4, 0.5) is 5.00 Å². The van der Waals surface area contributed by atoms with E-state index in [1.54, 1.807) is 6.92 Å². The number of nitrogens with zero attached hydrogens (tertiary/aromatic N) is 1. The highest BCUT2D eigenvalue weighted by atomic mass is 32.1. The van der Waals surface area contributed by atoms with Crippen LogP contribution in [0.15, 0.2) is 35.7 Å². The smallest absolute Gasteiger partial charge is 0.341 e. The first-order chi connectivity index (χ1) is 14.5. The van der Waals surface area contributed by atoms with Gasteiger partial charge in [-0.3, -0.25) is 4.79 Å². The molecule has 7 heteroatoms. The molecule has 1 amide bonds. The molecule has 4 rings (SSSR count). The van der Waals surface area contributed by atoms with Gasteiger partial charge in [-0.05, 0) is 37.7 Å². The minimum atomic E-state index is -0.347. The summed E-state index contributed by atoms with van der Waals surface area (Å²) in [5.41, 5.74) is 3.36. The Hall–Kier alpha value is -2.51. The zero-order valence-electron chi connectivity index (χ0n) is 17.1. The minimum Gasteiger partial charge on any atom is -0.462 e. The number of fused-ring (bicyclic) bond motifs is 1. The molecule has 2 heterocycles. The van der Waals surface area contributed by atoms with E-state index in [4.69, 9.17) is 4.74 Å². The Bertz CT molecular complexity index is 1060. The van der Waals surface area contributed by atoms with Gasteiger partial charge in [0.25, 0.3) is 0 Å². The first-order valence-electron chi connectivity index (χ1n) is 10.2. The molecule has 1 aliphatic rings. The van der Waals surface area contributed by atoms with Gasteiger partial charge in [0.2, 0.25) is 5.91 Å². The van der Waals surface area contributed by atoms with Crippen LogP contribution in [-0.2, 0) is 28.8 Å². The van der Waals surface area contributed by atoms with Crippen molar-refractivity contribution in [3.8, 4) is 10.6 Å². The second-order valence-electron chi connectivity index (χ2n) is 7.51. The molecule has 1 atom stereocenters. The van der Waals surface area contributed by atoms with Gasteiger partial charge in [-0.15, -0.1) is 22.7 Å². The summed E-state index contributed by atoms with van der Waals surface area (Å²) in [5.74, 6) is 0.0677. The van der Waals surface area contributed by atoms with Gasteiger partial charge in [0.1, 0.15) is 10.0 Å². The van der Waals surface area contributed by atoms with Crippen LogP contribution in [-0.4, -0.2) is 23.5 Å². The zero-order chi connectivity index (χ0) is 21.1. The maximum Gasteiger partial charge on any atom is 0.341 e. The van der Waals surface area contributed by atoms with Crippen molar-refractivity contribution in [3.05, 3.63) is 57.4 Å². The molecule has 0 saturated heterocycles. The molecule has 3 aromatic rings. The SMILES string of the molecule is CCOC(=O)c1c(NC(=O)Cc2csc(-c3ccccc3)n2)sc2c1CC[C@H](C)C2. The number of thiophene rings is 1. The molecule has 0 radical (unpaired) electrons. The topological polar surface area (TPSA) is 68.3 Å². The van der Waals surface area contributed by atoms with E-state index in [1.807, 2.05) is 35.7 Å². The fourth-order valence-corrected chi connectivity index (χ4v) is 5.94. The molecular weight excluding hydrogens is 416 g/mol. The number of thiazole rings is 1. The molecule has 2 aromatic heterocycles. The summed E-state index contributed by atoms with van der Waals surface area (Å²) in [7, 11) is 0. The minimum absolute atomic E-state index is 0.169. The standard InChI is InChI=1S/C23H24N2O3S2/c1-3-28-23(27)20-17-10-9-14(2)11-18(17)30-22(20)25-19(26)12-16-13-29-21(24-16)15-7-5-4-6-8-15/h4-8,13-14H,3,9-12H2,1-2H3,(H,25,26)/t14-/m0/s1. The Morgan fingerprint density at radius 2 is 2.07 bits per heavy atom. The van der Waals surface area contributed by atoms with E-state index in [0.29, 0.717) is 23.1 Å². The summed E-state index contributed by atoms with van der Waals surface area (Å²) in [5, 5.41) is 6.38. The highest BCUT2D eigenvalue weighted by Gasteiger charge is 2.29. The van der Waals surface area contributed by atoms with Crippen LogP contribution in [0.2, 0.25) is 0 Å². The number of hydrogen-bond donors (Lipinski definition) is 1. The number of benzene rings is 1. The van der Waals surface area contributed by atoms with Crippen LogP contribution in [0, 0.1) is 5.92 Å². The summed E-state index contributed by atoms with van der Waals surface area (Å²) < 4.78 is 5.28. The first kappa shape index (κ1) is 20.8. The van der Waals surface area contributed by atoms with E-state index in [1.165, 1.54) is 27.6 Å². The predicted molar refractivity (Wildman–Crippen MR) is 121 cm³/mol. The fraction of sp³-hybridized carbons (Fsp3) is 0.348. The maximum atomic E-state index is 12.7. The number of rotatable bonds is 6. The van der Waals surface area contributed by atoms with E-state index in [2.05, 4.69) is 17.2 Å². The molecule has 0 bridgehead atoms. The van der Waals surface area contributed by atoms with Gasteiger partial charge in [-0.2, -0.15) is 0 Å². The lowest BCUT2D eigenvalue weighted by Gasteiger charge is -2.18. The number of anilines is 1. The van der Waals surface area contributed by atoms with Crippen molar-refractivity contribution in [2.24, 2.45) is 5.92 Å². The first-order valence-corrected chi connectivity index (χ1v) is 11.9. The second kappa shape index (κ2) is 9.10. The van der Waals surface area contributed by atoms with Gasteiger partial charge in [0.05, 0.1) is 24.3 Å². The maximum absolute atomic E-state index is 12.7. The normalized spacial score (nSPS) is 15.5. The van der Waals surface area contributed by atoms with Crippen molar-refractivity contribution in [2.45, 2.75) is 39.5 Å². The Morgan fingerprint density at radius 3 is 2.83 bits per heavy atom. The summed E-state index contributed by atoms with van der Waals surface area (Å²) in [6, 6.07) is 9.92. The Labute approximate surface area is 184 Å². The lowest BCUT2D eigenvalue weighted by atomic mass is 9.88. The molecular formula is C23H24N2O3S2. The summed E-state index contributed by atoms with van der Waals surface area (Å²) in [6.45, 7) is 4.33. The van der Waals surface area contributed by atoms with E-state index >= 15 is 0 Å². The van der Waals surface area contributed by atoms with Crippen molar-refractivity contribution >= 4 is 39.6 Å². The fourth-order valence-electron chi connectivity index (χ4n) is 3.69. The van der Waals surface area contributed by atoms with Crippen molar-refractivity contribution in [1.29, 1.82) is 0 Å². The molecule has 0 fully saturated rings. The molecule has 1 aliphatic carbocycles. The van der Waals surface area contributed by atoms with Gasteiger partial charge in [0.15, 0.2) is 0 Å². The molecule has 0 unspecified atom stereocenters. The highest BCUT2D eigenvalue weighted by molar-refractivity contribution is 7.17. The number of esters is 1. The van der Waals surface area contributed by atoms with E-state index < -0.39 is 0 Å². The average Bonchev–Trinajstić information content (AvgIpc) is 3.32. The lowest BCUT2D eigenvalue weighted by Crippen LogP contribution is -2.18. The predicted octanol–water partition coefficient (Wildman–Crippen LogP) is 5.35. The van der Waals surface area contributed by atoms with E-state index in [-0.39, 0.29) is 18.3 Å². The van der Waals surface area contributed by atoms with Gasteiger partial charge in [0, 0.05) is 15.8 Å². The van der Waals surface area contributed by atoms with Gasteiger partial charge in [-0.1, -0.05) is 37.3 Å². The monoisotopic (exact) mass is 440 g/mol. The van der Waals surface area contributed by atoms with Crippen LogP contribution in [0.3, 0.4) is 0 Å². The number of aromatic nitrogens is 1. The number of nitrogens with one attached hydrogen (secondary N) is 1. The van der Waals surface area contributed by atoms with E-state index in [9.17, 15) is 9.59 Å². The lowest BCUT2D eigenvalue weighted by molar-refractivity contribution is -0.115. The van der Waals surface area contributed by atoms with Gasteiger partial charge in [-0.25, -0.2) is 9.78 Å². The zero-order valence-corrected chi connectivity index (χ0v) is 18.7. The summed E-state index contributed by atoms with van der Waals surface area (Å²) in [6.07, 6.45) is 3.01. The third-order valence-corrected chi connectivity index (χ3v) is 7.27. The van der Waals surface area contributed by atoms with Crippen LogP contribution in [0.1, 0.15) is 46.8 Å². The molecule has 156 valence electrons. The van der Waals surface area contributed by atoms with Crippen LogP contribution in [0.25, 0.3) is 10.6 Å². The number of carbonyl (C=O) groups is 2. The third kappa shape index (κ3) is 4.47. The molecule has 0 saturated carbocycles. The second-order valence-corrected chi connectivity index (χ2v) is 9.47. The van der Waals surface area contributed by atoms with Crippen molar-refractivity contribution in [2.75, 3.05) is 11.9 Å². The average molecular weight is 441 g/mol. The van der Waals surface area contributed by atoms with Crippen molar-refractivity contribution in [3.63, 3.8) is 0 Å². The molecule has 5 nitrogen and oxygen atoms in total. The van der Waals surface area contributed by atoms with Gasteiger partial charge < -0.3 is 10.1 Å². The van der Waals surface area contributed by atoms with Gasteiger partial charge >= 0.3 is 5.97 Å². The summed E-state index contributed by atoms with van der Waals surface area (Å²) in [4.78, 5) is 31.1. The van der Waals surface area contributed by atoms with Crippen LogP contribution in [0.5, 0.6) is 0 Å². The Morgan fingerprint density at radius 1 is 1.27 bits per heavy atom. The third-order valence-electron chi connectivity index (χ3n) is 5.16. The highest BCUT2D eigenvalue weighted by Crippen LogP contribution is 2.40. The molecule has 0 aliphatic heterocycles. The van der Waals surface area contributed by atoms with Crippen LogP contribution < -0.4 is 5.32 Å². The molecule has 30 heavy (non-hydrogen) atoms. The largest absolute Gasteiger partial charge is 0.462 e. The van der Waals surface area contributed by atoms with E-state index in [0.717, 1.165) is 41.1 Å².